The van der Waals surface area contributed by atoms with Crippen molar-refractivity contribution in [3.8, 4) is 0 Å². The molecule has 1 heterocycles. The van der Waals surface area contributed by atoms with E-state index in [-0.39, 0.29) is 5.91 Å². The minimum atomic E-state index is -0.114. The summed E-state index contributed by atoms with van der Waals surface area (Å²) in [4.78, 5) is 12.4. The summed E-state index contributed by atoms with van der Waals surface area (Å²) in [6.07, 6.45) is 2.55. The van der Waals surface area contributed by atoms with Gasteiger partial charge in [-0.1, -0.05) is 28.1 Å². The number of hydrogen-bond donors (Lipinski definition) is 0. The summed E-state index contributed by atoms with van der Waals surface area (Å²) in [5, 5.41) is 4.34. The molecule has 4 heteroatoms. The third kappa shape index (κ3) is 2.68. The van der Waals surface area contributed by atoms with Gasteiger partial charge >= 0.3 is 0 Å². The summed E-state index contributed by atoms with van der Waals surface area (Å²) < 4.78 is 2.35. The van der Waals surface area contributed by atoms with Crippen LogP contribution in [0.3, 0.4) is 0 Å². The zero-order valence-corrected chi connectivity index (χ0v) is 12.6. The van der Waals surface area contributed by atoms with E-state index in [4.69, 9.17) is 0 Å². The molecule has 0 saturated heterocycles. The first-order chi connectivity index (χ1) is 9.04. The molecule has 0 aliphatic carbocycles. The summed E-state index contributed by atoms with van der Waals surface area (Å²) in [5.41, 5.74) is 3.44. The molecule has 1 aromatic heterocycles. The number of benzene rings is 1. The van der Waals surface area contributed by atoms with Gasteiger partial charge in [-0.3, -0.25) is 4.79 Å². The summed E-state index contributed by atoms with van der Waals surface area (Å²) in [6, 6.07) is 7.32. The van der Waals surface area contributed by atoms with Crippen LogP contribution in [-0.2, 0) is 6.42 Å². The number of aryl methyl sites for hydroxylation is 1. The van der Waals surface area contributed by atoms with Crippen molar-refractivity contribution in [2.24, 2.45) is 0 Å². The summed E-state index contributed by atoms with van der Waals surface area (Å²) >= 11 is 3.37. The SMILES string of the molecule is C=CCc1c(C)nn(C(=O)c2cccc(Br)c2)c1C. The molecule has 0 radical (unpaired) electrons. The molecule has 98 valence electrons. The Labute approximate surface area is 121 Å². The van der Waals surface area contributed by atoms with Crippen LogP contribution in [0.4, 0.5) is 0 Å². The molecular formula is C15H15BrN2O. The highest BCUT2D eigenvalue weighted by Crippen LogP contribution is 2.17. The number of rotatable bonds is 3. The monoisotopic (exact) mass is 318 g/mol. The molecule has 0 aliphatic heterocycles. The van der Waals surface area contributed by atoms with Gasteiger partial charge in [-0.15, -0.1) is 6.58 Å². The van der Waals surface area contributed by atoms with E-state index in [9.17, 15) is 4.79 Å². The minimum Gasteiger partial charge on any atom is -0.267 e. The van der Waals surface area contributed by atoms with Crippen LogP contribution in [0, 0.1) is 13.8 Å². The van der Waals surface area contributed by atoms with Crippen LogP contribution in [0.25, 0.3) is 0 Å². The fourth-order valence-corrected chi connectivity index (χ4v) is 2.46. The summed E-state index contributed by atoms with van der Waals surface area (Å²) in [5.74, 6) is -0.114. The normalized spacial score (nSPS) is 10.5. The third-order valence-corrected chi connectivity index (χ3v) is 3.55. The second-order valence-corrected chi connectivity index (χ2v) is 5.29. The molecule has 0 bridgehead atoms. The van der Waals surface area contributed by atoms with E-state index < -0.39 is 0 Å². The van der Waals surface area contributed by atoms with E-state index in [1.54, 1.807) is 12.1 Å². The van der Waals surface area contributed by atoms with Crippen LogP contribution >= 0.6 is 15.9 Å². The van der Waals surface area contributed by atoms with Gasteiger partial charge in [0.05, 0.1) is 5.69 Å². The van der Waals surface area contributed by atoms with Gasteiger partial charge in [0.25, 0.3) is 5.91 Å². The largest absolute Gasteiger partial charge is 0.278 e. The minimum absolute atomic E-state index is 0.114. The molecule has 1 aromatic carbocycles. The Morgan fingerprint density at radius 1 is 1.47 bits per heavy atom. The predicted octanol–water partition coefficient (Wildman–Crippen LogP) is 3.68. The molecule has 0 spiro atoms. The van der Waals surface area contributed by atoms with Crippen molar-refractivity contribution in [3.63, 3.8) is 0 Å². The average Bonchev–Trinajstić information content (AvgIpc) is 2.66. The van der Waals surface area contributed by atoms with E-state index in [0.29, 0.717) is 5.56 Å². The van der Waals surface area contributed by atoms with Gasteiger partial charge in [0.2, 0.25) is 0 Å². The van der Waals surface area contributed by atoms with Crippen molar-refractivity contribution in [1.82, 2.24) is 9.78 Å². The number of hydrogen-bond acceptors (Lipinski definition) is 2. The van der Waals surface area contributed by atoms with E-state index in [1.165, 1.54) is 4.68 Å². The highest BCUT2D eigenvalue weighted by Gasteiger charge is 2.17. The molecule has 0 N–H and O–H groups in total. The Bertz CT molecular complexity index is 644. The van der Waals surface area contributed by atoms with Gasteiger partial charge in [0.1, 0.15) is 0 Å². The number of carbonyl (C=O) groups excluding carboxylic acids is 1. The number of halogens is 1. The summed E-state index contributed by atoms with van der Waals surface area (Å²) in [7, 11) is 0. The van der Waals surface area contributed by atoms with Crippen molar-refractivity contribution in [2.75, 3.05) is 0 Å². The first kappa shape index (κ1) is 13.7. The molecule has 2 aromatic rings. The topological polar surface area (TPSA) is 34.9 Å². The van der Waals surface area contributed by atoms with Crippen LogP contribution in [0.2, 0.25) is 0 Å². The van der Waals surface area contributed by atoms with Crippen LogP contribution < -0.4 is 0 Å². The third-order valence-electron chi connectivity index (χ3n) is 3.05. The highest BCUT2D eigenvalue weighted by molar-refractivity contribution is 9.10. The first-order valence-corrected chi connectivity index (χ1v) is 6.80. The maximum Gasteiger partial charge on any atom is 0.278 e. The lowest BCUT2D eigenvalue weighted by Crippen LogP contribution is -2.15. The maximum absolute atomic E-state index is 12.4. The van der Waals surface area contributed by atoms with E-state index in [1.807, 2.05) is 32.1 Å². The second kappa shape index (κ2) is 5.53. The van der Waals surface area contributed by atoms with Gasteiger partial charge in [-0.05, 0) is 38.5 Å². The number of carbonyl (C=O) groups is 1. The van der Waals surface area contributed by atoms with Crippen LogP contribution in [0.15, 0.2) is 41.4 Å². The van der Waals surface area contributed by atoms with E-state index in [2.05, 4.69) is 27.6 Å². The molecular weight excluding hydrogens is 304 g/mol. The molecule has 2 rings (SSSR count). The quantitative estimate of drug-likeness (QED) is 0.809. The molecule has 0 aliphatic rings. The van der Waals surface area contributed by atoms with Crippen molar-refractivity contribution >= 4 is 21.8 Å². The Morgan fingerprint density at radius 2 is 2.21 bits per heavy atom. The van der Waals surface area contributed by atoms with Crippen molar-refractivity contribution < 1.29 is 4.79 Å². The highest BCUT2D eigenvalue weighted by atomic mass is 79.9. The zero-order chi connectivity index (χ0) is 14.0. The predicted molar refractivity (Wildman–Crippen MR) is 79.5 cm³/mol. The summed E-state index contributed by atoms with van der Waals surface area (Å²) in [6.45, 7) is 7.56. The first-order valence-electron chi connectivity index (χ1n) is 6.01. The molecule has 0 unspecified atom stereocenters. The lowest BCUT2D eigenvalue weighted by Gasteiger charge is -2.04. The Kier molecular flexibility index (Phi) is 4.00. The van der Waals surface area contributed by atoms with Gasteiger partial charge in [-0.2, -0.15) is 5.10 Å². The number of aromatic nitrogens is 2. The fourth-order valence-electron chi connectivity index (χ4n) is 2.06. The van der Waals surface area contributed by atoms with Gasteiger partial charge in [0.15, 0.2) is 0 Å². The Hall–Kier alpha value is -1.68. The van der Waals surface area contributed by atoms with Gasteiger partial charge in [0, 0.05) is 21.3 Å². The van der Waals surface area contributed by atoms with Crippen molar-refractivity contribution in [1.29, 1.82) is 0 Å². The second-order valence-electron chi connectivity index (χ2n) is 4.37. The molecule has 0 atom stereocenters. The standard InChI is InChI=1S/C15H15BrN2O/c1-4-6-14-10(2)17-18(11(14)3)15(19)12-7-5-8-13(16)9-12/h4-5,7-9H,1,6H2,2-3H3. The van der Waals surface area contributed by atoms with Gasteiger partial charge < -0.3 is 0 Å². The Balaban J connectivity index is 2.45. The number of nitrogens with zero attached hydrogens (tertiary/aromatic N) is 2. The molecule has 0 saturated carbocycles. The smallest absolute Gasteiger partial charge is 0.267 e. The van der Waals surface area contributed by atoms with Crippen LogP contribution in [0.5, 0.6) is 0 Å². The lowest BCUT2D eigenvalue weighted by atomic mass is 10.1. The maximum atomic E-state index is 12.4. The van der Waals surface area contributed by atoms with Crippen LogP contribution in [-0.4, -0.2) is 15.7 Å². The van der Waals surface area contributed by atoms with Crippen LogP contribution in [0.1, 0.15) is 27.3 Å². The zero-order valence-electron chi connectivity index (χ0n) is 11.0. The molecule has 19 heavy (non-hydrogen) atoms. The van der Waals surface area contributed by atoms with E-state index >= 15 is 0 Å². The van der Waals surface area contributed by atoms with Gasteiger partial charge in [-0.25, -0.2) is 4.68 Å². The lowest BCUT2D eigenvalue weighted by molar-refractivity contribution is 0.0942. The average molecular weight is 319 g/mol. The molecule has 0 amide bonds. The number of allylic oxidation sites excluding steroid dienone is 1. The Morgan fingerprint density at radius 3 is 2.84 bits per heavy atom. The molecule has 3 nitrogen and oxygen atoms in total. The molecule has 0 fully saturated rings. The van der Waals surface area contributed by atoms with E-state index in [0.717, 1.165) is 27.8 Å². The van der Waals surface area contributed by atoms with Crippen molar-refractivity contribution in [3.05, 3.63) is 63.9 Å². The van der Waals surface area contributed by atoms with Crippen molar-refractivity contribution in [2.45, 2.75) is 20.3 Å². The fraction of sp³-hybridized carbons (Fsp3) is 0.200.